The Morgan fingerprint density at radius 3 is 2.67 bits per heavy atom. The van der Waals surface area contributed by atoms with E-state index in [0.29, 0.717) is 13.0 Å². The van der Waals surface area contributed by atoms with E-state index in [1.165, 1.54) is 6.92 Å². The summed E-state index contributed by atoms with van der Waals surface area (Å²) in [5.41, 5.74) is 5.86. The van der Waals surface area contributed by atoms with Crippen molar-refractivity contribution in [1.29, 1.82) is 0 Å². The Bertz CT molecular complexity index is 339. The lowest BCUT2D eigenvalue weighted by Crippen LogP contribution is -2.54. The number of piperidine rings is 1. The van der Waals surface area contributed by atoms with Crippen LogP contribution in [-0.2, 0) is 9.59 Å². The highest BCUT2D eigenvalue weighted by atomic mass is 16.2. The monoisotopic (exact) mass is 253 g/mol. The maximum Gasteiger partial charge on any atom is 0.224 e. The van der Waals surface area contributed by atoms with Gasteiger partial charge >= 0.3 is 0 Å². The predicted octanol–water partition coefficient (Wildman–Crippen LogP) is 0.385. The maximum atomic E-state index is 12.2. The Morgan fingerprint density at radius 2 is 2.11 bits per heavy atom. The molecule has 0 bridgehead atoms. The number of rotatable bonds is 3. The fraction of sp³-hybridized carbons (Fsp3) is 0.846. The van der Waals surface area contributed by atoms with Crippen molar-refractivity contribution in [3.8, 4) is 0 Å². The van der Waals surface area contributed by atoms with Crippen molar-refractivity contribution in [2.75, 3.05) is 13.1 Å². The Balaban J connectivity index is 1.84. The Hall–Kier alpha value is -1.10. The molecular formula is C13H23N3O2. The minimum atomic E-state index is -0.252. The minimum absolute atomic E-state index is 0.0245. The summed E-state index contributed by atoms with van der Waals surface area (Å²) in [6, 6.07) is 0.107. The quantitative estimate of drug-likeness (QED) is 0.763. The van der Waals surface area contributed by atoms with Gasteiger partial charge in [0.05, 0.1) is 0 Å². The second-order valence-electron chi connectivity index (χ2n) is 5.77. The lowest BCUT2D eigenvalue weighted by Gasteiger charge is -2.40. The molecule has 0 spiro atoms. The van der Waals surface area contributed by atoms with E-state index in [-0.39, 0.29) is 23.4 Å². The summed E-state index contributed by atoms with van der Waals surface area (Å²) >= 11 is 0. The van der Waals surface area contributed by atoms with E-state index < -0.39 is 0 Å². The number of nitrogens with two attached hydrogens (primary N) is 1. The molecule has 0 unspecified atom stereocenters. The third kappa shape index (κ3) is 3.22. The lowest BCUT2D eigenvalue weighted by atomic mass is 9.75. The van der Waals surface area contributed by atoms with Gasteiger partial charge in [0.15, 0.2) is 0 Å². The first-order valence-corrected chi connectivity index (χ1v) is 6.82. The Kier molecular flexibility index (Phi) is 3.90. The molecular weight excluding hydrogens is 230 g/mol. The predicted molar refractivity (Wildman–Crippen MR) is 68.8 cm³/mol. The summed E-state index contributed by atoms with van der Waals surface area (Å²) in [5, 5.41) is 2.89. The smallest absolute Gasteiger partial charge is 0.224 e. The van der Waals surface area contributed by atoms with Crippen molar-refractivity contribution < 1.29 is 9.59 Å². The zero-order valence-electron chi connectivity index (χ0n) is 11.1. The van der Waals surface area contributed by atoms with Crippen molar-refractivity contribution in [2.24, 2.45) is 5.73 Å². The van der Waals surface area contributed by atoms with Gasteiger partial charge in [-0.25, -0.2) is 0 Å². The average Bonchev–Trinajstić information content (AvgIpc) is 2.26. The molecule has 5 nitrogen and oxygen atoms in total. The van der Waals surface area contributed by atoms with E-state index in [2.05, 4.69) is 5.32 Å². The molecule has 1 aliphatic heterocycles. The van der Waals surface area contributed by atoms with Crippen molar-refractivity contribution in [3.63, 3.8) is 0 Å². The molecule has 1 heterocycles. The highest BCUT2D eigenvalue weighted by Gasteiger charge is 2.36. The van der Waals surface area contributed by atoms with Crippen LogP contribution < -0.4 is 11.1 Å². The minimum Gasteiger partial charge on any atom is -0.352 e. The van der Waals surface area contributed by atoms with Crippen LogP contribution >= 0.6 is 0 Å². The topological polar surface area (TPSA) is 75.4 Å². The summed E-state index contributed by atoms with van der Waals surface area (Å²) in [6.07, 6.45) is 5.42. The molecule has 2 amide bonds. The van der Waals surface area contributed by atoms with Crippen LogP contribution in [0.25, 0.3) is 0 Å². The Morgan fingerprint density at radius 1 is 1.39 bits per heavy atom. The fourth-order valence-corrected chi connectivity index (χ4v) is 2.83. The summed E-state index contributed by atoms with van der Waals surface area (Å²) < 4.78 is 0. The molecule has 18 heavy (non-hydrogen) atoms. The van der Waals surface area contributed by atoms with E-state index in [1.54, 1.807) is 0 Å². The second-order valence-corrected chi connectivity index (χ2v) is 5.77. The van der Waals surface area contributed by atoms with Gasteiger partial charge in [0, 0.05) is 38.0 Å². The highest BCUT2D eigenvalue weighted by molar-refractivity contribution is 5.78. The van der Waals surface area contributed by atoms with Crippen LogP contribution in [0.4, 0.5) is 0 Å². The van der Waals surface area contributed by atoms with Crippen molar-refractivity contribution in [1.82, 2.24) is 10.2 Å². The SMILES string of the molecule is CC(=O)N[C@@H]1CCCN(C(=O)CC2(N)CCC2)C1. The van der Waals surface area contributed by atoms with Crippen LogP contribution in [0.5, 0.6) is 0 Å². The lowest BCUT2D eigenvalue weighted by molar-refractivity contribution is -0.135. The molecule has 1 aliphatic carbocycles. The molecule has 0 aromatic rings. The van der Waals surface area contributed by atoms with Crippen LogP contribution in [0, 0.1) is 0 Å². The summed E-state index contributed by atoms with van der Waals surface area (Å²) in [7, 11) is 0. The van der Waals surface area contributed by atoms with Crippen LogP contribution in [0.1, 0.15) is 45.4 Å². The number of amides is 2. The van der Waals surface area contributed by atoms with Gasteiger partial charge in [-0.1, -0.05) is 0 Å². The number of carbonyl (C=O) groups is 2. The third-order valence-electron chi connectivity index (χ3n) is 4.03. The summed E-state index contributed by atoms with van der Waals surface area (Å²) in [6.45, 7) is 2.95. The molecule has 2 rings (SSSR count). The number of hydrogen-bond acceptors (Lipinski definition) is 3. The van der Waals surface area contributed by atoms with E-state index in [9.17, 15) is 9.59 Å². The van der Waals surface area contributed by atoms with E-state index in [0.717, 1.165) is 38.6 Å². The number of hydrogen-bond donors (Lipinski definition) is 2. The molecule has 2 fully saturated rings. The highest BCUT2D eigenvalue weighted by Crippen LogP contribution is 2.32. The zero-order chi connectivity index (χ0) is 13.2. The van der Waals surface area contributed by atoms with Gasteiger partial charge in [-0.15, -0.1) is 0 Å². The van der Waals surface area contributed by atoms with Crippen LogP contribution in [0.15, 0.2) is 0 Å². The van der Waals surface area contributed by atoms with Crippen LogP contribution in [-0.4, -0.2) is 41.4 Å². The van der Waals surface area contributed by atoms with Gasteiger partial charge in [-0.05, 0) is 32.1 Å². The second kappa shape index (κ2) is 5.26. The van der Waals surface area contributed by atoms with Gasteiger partial charge in [-0.2, -0.15) is 0 Å². The molecule has 5 heteroatoms. The van der Waals surface area contributed by atoms with E-state index >= 15 is 0 Å². The molecule has 1 saturated heterocycles. The van der Waals surface area contributed by atoms with Crippen LogP contribution in [0.3, 0.4) is 0 Å². The first kappa shape index (κ1) is 13.3. The molecule has 0 aromatic carbocycles. The standard InChI is InChI=1S/C13H23N3O2/c1-10(17)15-11-4-2-7-16(9-11)12(18)8-13(14)5-3-6-13/h11H,2-9,14H2,1H3,(H,15,17)/t11-/m1/s1. The van der Waals surface area contributed by atoms with Gasteiger partial charge in [0.2, 0.25) is 11.8 Å². The Labute approximate surface area is 108 Å². The largest absolute Gasteiger partial charge is 0.352 e. The first-order chi connectivity index (χ1) is 8.48. The van der Waals surface area contributed by atoms with Crippen LogP contribution in [0.2, 0.25) is 0 Å². The maximum absolute atomic E-state index is 12.2. The van der Waals surface area contributed by atoms with E-state index in [4.69, 9.17) is 5.73 Å². The molecule has 0 radical (unpaired) electrons. The van der Waals surface area contributed by atoms with Crippen molar-refractivity contribution in [3.05, 3.63) is 0 Å². The number of carbonyl (C=O) groups excluding carboxylic acids is 2. The molecule has 0 aromatic heterocycles. The normalized spacial score (nSPS) is 26.3. The van der Waals surface area contributed by atoms with Gasteiger partial charge < -0.3 is 16.0 Å². The number of likely N-dealkylation sites (tertiary alicyclic amines) is 1. The first-order valence-electron chi connectivity index (χ1n) is 6.82. The van der Waals surface area contributed by atoms with Gasteiger partial charge in [0.1, 0.15) is 0 Å². The third-order valence-corrected chi connectivity index (χ3v) is 4.03. The fourth-order valence-electron chi connectivity index (χ4n) is 2.83. The number of nitrogens with zero attached hydrogens (tertiary/aromatic N) is 1. The van der Waals surface area contributed by atoms with E-state index in [1.807, 2.05) is 4.90 Å². The van der Waals surface area contributed by atoms with Gasteiger partial charge in [0.25, 0.3) is 0 Å². The molecule has 3 N–H and O–H groups in total. The summed E-state index contributed by atoms with van der Waals surface area (Å²) in [4.78, 5) is 25.1. The molecule has 1 atom stereocenters. The number of nitrogens with one attached hydrogen (secondary N) is 1. The van der Waals surface area contributed by atoms with Gasteiger partial charge in [-0.3, -0.25) is 9.59 Å². The molecule has 1 saturated carbocycles. The van der Waals surface area contributed by atoms with Crippen molar-refractivity contribution in [2.45, 2.75) is 57.0 Å². The zero-order valence-corrected chi connectivity index (χ0v) is 11.1. The molecule has 102 valence electrons. The summed E-state index contributed by atoms with van der Waals surface area (Å²) in [5.74, 6) is 0.121. The van der Waals surface area contributed by atoms with Crippen molar-refractivity contribution >= 4 is 11.8 Å². The average molecular weight is 253 g/mol. The molecule has 2 aliphatic rings.